The number of ketones is 1. The summed E-state index contributed by atoms with van der Waals surface area (Å²) in [5.74, 6) is 2.48. The van der Waals surface area contributed by atoms with E-state index in [9.17, 15) is 9.90 Å². The highest BCUT2D eigenvalue weighted by atomic mass is 16.5. The first-order valence-corrected chi connectivity index (χ1v) is 9.42. The number of allylic oxidation sites excluding steroid dienone is 4. The highest BCUT2D eigenvalue weighted by Gasteiger charge is 2.57. The van der Waals surface area contributed by atoms with Crippen LogP contribution in [-0.4, -0.2) is 35.3 Å². The maximum Gasteiger partial charge on any atom is 0.159 e. The van der Waals surface area contributed by atoms with Crippen LogP contribution in [-0.2, 0) is 9.53 Å². The molecule has 2 saturated carbocycles. The van der Waals surface area contributed by atoms with Crippen molar-refractivity contribution in [1.82, 2.24) is 0 Å². The zero-order valence-electron chi connectivity index (χ0n) is 14.4. The highest BCUT2D eigenvalue weighted by molar-refractivity contribution is 5.94. The summed E-state index contributed by atoms with van der Waals surface area (Å²) in [6, 6.07) is 0. The molecule has 6 atom stereocenters. The molecule has 4 nitrogen and oxygen atoms in total. The number of rotatable bonds is 3. The Labute approximate surface area is 143 Å². The minimum Gasteiger partial charge on any atom is -0.496 e. The number of carbonyl (C=O) groups excluding carboxylic acids is 1. The lowest BCUT2D eigenvalue weighted by atomic mass is 9.53. The van der Waals surface area contributed by atoms with Crippen LogP contribution in [0.25, 0.3) is 0 Å². The summed E-state index contributed by atoms with van der Waals surface area (Å²) < 4.78 is 5.58. The van der Waals surface area contributed by atoms with Gasteiger partial charge in [-0.3, -0.25) is 4.79 Å². The molecule has 0 aromatic rings. The first kappa shape index (κ1) is 16.3. The molecule has 0 saturated heterocycles. The van der Waals surface area contributed by atoms with Crippen molar-refractivity contribution in [2.24, 2.45) is 29.1 Å². The van der Waals surface area contributed by atoms with Crippen LogP contribution in [0.4, 0.5) is 0 Å². The van der Waals surface area contributed by atoms with E-state index in [2.05, 4.69) is 6.92 Å². The molecule has 0 aromatic heterocycles. The SMILES string of the molecule is C[C@]12CC[C@H]3[C@@H](C(=O)C=C4C=C(OCCO)CC[C@@H]43)[C@@H]1CC[C@@H]2O. The van der Waals surface area contributed by atoms with Gasteiger partial charge in [-0.05, 0) is 73.0 Å². The van der Waals surface area contributed by atoms with Crippen LogP contribution in [0.1, 0.15) is 45.4 Å². The monoisotopic (exact) mass is 332 g/mol. The quantitative estimate of drug-likeness (QED) is 0.834. The maximum absolute atomic E-state index is 12.9. The molecular formula is C20H28O4. The van der Waals surface area contributed by atoms with Gasteiger partial charge < -0.3 is 14.9 Å². The third-order valence-electron chi connectivity index (χ3n) is 7.26. The Hall–Kier alpha value is -1.13. The van der Waals surface area contributed by atoms with Crippen molar-refractivity contribution in [1.29, 1.82) is 0 Å². The standard InChI is InChI=1S/C20H28O4/c1-20-7-6-15-14-3-2-13(24-9-8-21)10-12(14)11-17(22)19(15)16(20)4-5-18(20)23/h10-11,14-16,18-19,21,23H,2-9H2,1H3/t14-,15+,16-,18-,19+,20-/m0/s1. The highest BCUT2D eigenvalue weighted by Crippen LogP contribution is 2.60. The molecule has 0 aromatic carbocycles. The van der Waals surface area contributed by atoms with Gasteiger partial charge in [0, 0.05) is 12.3 Å². The molecule has 2 fully saturated rings. The second-order valence-electron chi connectivity index (χ2n) is 8.31. The van der Waals surface area contributed by atoms with Gasteiger partial charge in [0.05, 0.1) is 18.5 Å². The van der Waals surface area contributed by atoms with E-state index in [1.165, 1.54) is 0 Å². The van der Waals surface area contributed by atoms with Crippen molar-refractivity contribution < 1.29 is 19.7 Å². The van der Waals surface area contributed by atoms with Gasteiger partial charge in [-0.15, -0.1) is 0 Å². The normalized spacial score (nSPS) is 44.1. The second-order valence-corrected chi connectivity index (χ2v) is 8.31. The zero-order valence-corrected chi connectivity index (χ0v) is 14.4. The lowest BCUT2D eigenvalue weighted by molar-refractivity contribution is -0.131. The summed E-state index contributed by atoms with van der Waals surface area (Å²) in [5.41, 5.74) is 1.06. The lowest BCUT2D eigenvalue weighted by Crippen LogP contribution is -2.49. The smallest absolute Gasteiger partial charge is 0.159 e. The molecule has 0 radical (unpaired) electrons. The predicted molar refractivity (Wildman–Crippen MR) is 90.0 cm³/mol. The van der Waals surface area contributed by atoms with Crippen molar-refractivity contribution in [3.05, 3.63) is 23.5 Å². The van der Waals surface area contributed by atoms with Crippen molar-refractivity contribution >= 4 is 5.78 Å². The van der Waals surface area contributed by atoms with E-state index >= 15 is 0 Å². The van der Waals surface area contributed by atoms with Crippen LogP contribution in [0.3, 0.4) is 0 Å². The Balaban J connectivity index is 1.62. The molecule has 4 heteroatoms. The first-order chi connectivity index (χ1) is 11.5. The lowest BCUT2D eigenvalue weighted by Gasteiger charge is -2.51. The predicted octanol–water partition coefficient (Wildman–Crippen LogP) is 2.60. The minimum absolute atomic E-state index is 0.0199. The fourth-order valence-corrected chi connectivity index (χ4v) is 5.99. The largest absolute Gasteiger partial charge is 0.496 e. The van der Waals surface area contributed by atoms with Crippen molar-refractivity contribution in [2.75, 3.05) is 13.2 Å². The fraction of sp³-hybridized carbons (Fsp3) is 0.750. The Morgan fingerprint density at radius 1 is 1.25 bits per heavy atom. The number of carbonyl (C=O) groups is 1. The number of aliphatic hydroxyl groups is 2. The molecule has 4 aliphatic rings. The van der Waals surface area contributed by atoms with E-state index in [-0.39, 0.29) is 29.8 Å². The number of ether oxygens (including phenoxy) is 1. The topological polar surface area (TPSA) is 66.8 Å². The Kier molecular flexibility index (Phi) is 4.08. The fourth-order valence-electron chi connectivity index (χ4n) is 5.99. The van der Waals surface area contributed by atoms with Crippen LogP contribution < -0.4 is 0 Å². The van der Waals surface area contributed by atoms with Gasteiger partial charge in [0.15, 0.2) is 5.78 Å². The molecule has 0 bridgehead atoms. The Morgan fingerprint density at radius 2 is 2.08 bits per heavy atom. The minimum atomic E-state index is -0.244. The summed E-state index contributed by atoms with van der Waals surface area (Å²) in [5, 5.41) is 19.4. The van der Waals surface area contributed by atoms with Crippen molar-refractivity contribution in [2.45, 2.75) is 51.6 Å². The van der Waals surface area contributed by atoms with Crippen molar-refractivity contribution in [3.63, 3.8) is 0 Å². The Morgan fingerprint density at radius 3 is 2.88 bits per heavy atom. The van der Waals surface area contributed by atoms with Gasteiger partial charge in [-0.25, -0.2) is 0 Å². The van der Waals surface area contributed by atoms with Crippen LogP contribution in [0.5, 0.6) is 0 Å². The summed E-state index contributed by atoms with van der Waals surface area (Å²) in [6.07, 6.45) is 9.48. The van der Waals surface area contributed by atoms with Crippen LogP contribution in [0.15, 0.2) is 23.5 Å². The number of hydrogen-bond donors (Lipinski definition) is 2. The van der Waals surface area contributed by atoms with E-state index < -0.39 is 0 Å². The van der Waals surface area contributed by atoms with Crippen LogP contribution in [0.2, 0.25) is 0 Å². The molecule has 4 rings (SSSR count). The van der Waals surface area contributed by atoms with Gasteiger partial charge in [-0.2, -0.15) is 0 Å². The molecule has 2 N–H and O–H groups in total. The molecule has 0 amide bonds. The van der Waals surface area contributed by atoms with E-state index in [4.69, 9.17) is 9.84 Å². The molecule has 0 spiro atoms. The molecule has 4 aliphatic carbocycles. The molecule has 24 heavy (non-hydrogen) atoms. The third-order valence-corrected chi connectivity index (χ3v) is 7.26. The molecule has 0 unspecified atom stereocenters. The average molecular weight is 332 g/mol. The van der Waals surface area contributed by atoms with Gasteiger partial charge in [0.1, 0.15) is 6.61 Å². The summed E-state index contributed by atoms with van der Waals surface area (Å²) in [6.45, 7) is 2.54. The van der Waals surface area contributed by atoms with E-state index in [0.717, 1.165) is 49.9 Å². The van der Waals surface area contributed by atoms with E-state index in [0.29, 0.717) is 24.4 Å². The molecular weight excluding hydrogens is 304 g/mol. The second kappa shape index (κ2) is 5.99. The van der Waals surface area contributed by atoms with Gasteiger partial charge in [0.2, 0.25) is 0 Å². The maximum atomic E-state index is 12.9. The molecule has 0 aliphatic heterocycles. The summed E-state index contributed by atoms with van der Waals surface area (Å²) in [4.78, 5) is 12.9. The third kappa shape index (κ3) is 2.38. The summed E-state index contributed by atoms with van der Waals surface area (Å²) >= 11 is 0. The molecule has 0 heterocycles. The Bertz CT molecular complexity index is 592. The number of hydrogen-bond acceptors (Lipinski definition) is 4. The number of aliphatic hydroxyl groups excluding tert-OH is 2. The first-order valence-electron chi connectivity index (χ1n) is 9.42. The summed E-state index contributed by atoms with van der Waals surface area (Å²) in [7, 11) is 0. The van der Waals surface area contributed by atoms with Crippen molar-refractivity contribution in [3.8, 4) is 0 Å². The van der Waals surface area contributed by atoms with Gasteiger partial charge in [0.25, 0.3) is 0 Å². The van der Waals surface area contributed by atoms with Crippen LogP contribution >= 0.6 is 0 Å². The van der Waals surface area contributed by atoms with E-state index in [1.807, 2.05) is 12.2 Å². The molecule has 132 valence electrons. The average Bonchev–Trinajstić information content (AvgIpc) is 2.88. The van der Waals surface area contributed by atoms with Crippen LogP contribution in [0, 0.1) is 29.1 Å². The zero-order chi connectivity index (χ0) is 16.9. The van der Waals surface area contributed by atoms with Gasteiger partial charge in [-0.1, -0.05) is 6.92 Å². The number of fused-ring (bicyclic) bond motifs is 5. The van der Waals surface area contributed by atoms with E-state index in [1.54, 1.807) is 0 Å². The van der Waals surface area contributed by atoms with Gasteiger partial charge >= 0.3 is 0 Å².